The summed E-state index contributed by atoms with van der Waals surface area (Å²) >= 11 is 1.38. The Morgan fingerprint density at radius 3 is 2.18 bits per heavy atom. The third kappa shape index (κ3) is 6.65. The molecule has 0 spiro atoms. The van der Waals surface area contributed by atoms with Gasteiger partial charge in [0.05, 0.1) is 10.2 Å². The van der Waals surface area contributed by atoms with E-state index >= 15 is 0 Å². The molecule has 2 aromatic rings. The number of carbonyl (C=O) groups is 1. The number of nitrogens with one attached hydrogen (secondary N) is 1. The predicted octanol–water partition coefficient (Wildman–Crippen LogP) is 4.23. The Morgan fingerprint density at radius 2 is 1.64 bits per heavy atom. The van der Waals surface area contributed by atoms with E-state index < -0.39 is 4.92 Å². The summed E-state index contributed by atoms with van der Waals surface area (Å²) < 4.78 is 0. The van der Waals surface area contributed by atoms with Gasteiger partial charge in [0, 0.05) is 30.1 Å². The van der Waals surface area contributed by atoms with E-state index in [0.29, 0.717) is 6.54 Å². The molecule has 1 N–H and O–H groups in total. The van der Waals surface area contributed by atoms with E-state index in [2.05, 4.69) is 36.2 Å². The molecule has 2 aromatic carbocycles. The van der Waals surface area contributed by atoms with E-state index in [1.165, 1.54) is 29.5 Å². The second-order valence-electron chi connectivity index (χ2n) is 6.51. The molecule has 0 saturated carbocycles. The number of amides is 1. The van der Waals surface area contributed by atoms with Crippen LogP contribution in [0.1, 0.15) is 31.9 Å². The van der Waals surface area contributed by atoms with Crippen molar-refractivity contribution in [1.29, 1.82) is 0 Å². The lowest BCUT2D eigenvalue weighted by Crippen LogP contribution is -2.30. The topological polar surface area (TPSA) is 75.5 Å². The molecule has 150 valence electrons. The second-order valence-corrected chi connectivity index (χ2v) is 7.92. The van der Waals surface area contributed by atoms with E-state index in [1.807, 2.05) is 19.1 Å². The molecular weight excluding hydrogens is 374 g/mol. The molecule has 0 fully saturated rings. The van der Waals surface area contributed by atoms with Crippen molar-refractivity contribution in [1.82, 2.24) is 10.2 Å². The number of thioether (sulfide) groups is 1. The smallest absolute Gasteiger partial charge is 0.269 e. The van der Waals surface area contributed by atoms with Gasteiger partial charge in [0.1, 0.15) is 0 Å². The number of hydrogen-bond donors (Lipinski definition) is 1. The molecule has 1 amide bonds. The van der Waals surface area contributed by atoms with Crippen molar-refractivity contribution >= 4 is 23.4 Å². The highest BCUT2D eigenvalue weighted by molar-refractivity contribution is 8.00. The Morgan fingerprint density at radius 1 is 1.07 bits per heavy atom. The van der Waals surface area contributed by atoms with Gasteiger partial charge < -0.3 is 5.32 Å². The largest absolute Gasteiger partial charge is 0.351 e. The van der Waals surface area contributed by atoms with E-state index in [1.54, 1.807) is 12.1 Å². The van der Waals surface area contributed by atoms with Crippen LogP contribution in [-0.4, -0.2) is 34.1 Å². The predicted molar refractivity (Wildman–Crippen MR) is 113 cm³/mol. The van der Waals surface area contributed by atoms with Gasteiger partial charge in [-0.2, -0.15) is 0 Å². The summed E-state index contributed by atoms with van der Waals surface area (Å²) in [6, 6.07) is 14.5. The standard InChI is InChI=1S/C21H27N3O3S/c1-4-23(5-2)15-18-8-6-17(7-9-18)14-22-21(25)16(3)28-20-12-10-19(11-13-20)24(26)27/h6-13,16H,4-5,14-15H2,1-3H3,(H,22,25)/t16-/m1/s1. The highest BCUT2D eigenvalue weighted by Crippen LogP contribution is 2.25. The Labute approximate surface area is 170 Å². The van der Waals surface area contributed by atoms with Gasteiger partial charge in [-0.15, -0.1) is 11.8 Å². The summed E-state index contributed by atoms with van der Waals surface area (Å²) in [5.74, 6) is -0.0597. The first-order valence-electron chi connectivity index (χ1n) is 9.42. The summed E-state index contributed by atoms with van der Waals surface area (Å²) in [5, 5.41) is 13.4. The lowest BCUT2D eigenvalue weighted by molar-refractivity contribution is -0.384. The number of nitrogens with zero attached hydrogens (tertiary/aromatic N) is 2. The zero-order valence-electron chi connectivity index (χ0n) is 16.6. The van der Waals surface area contributed by atoms with Crippen molar-refractivity contribution in [2.75, 3.05) is 13.1 Å². The molecule has 0 aliphatic rings. The maximum atomic E-state index is 12.3. The summed E-state index contributed by atoms with van der Waals surface area (Å²) in [6.45, 7) is 9.61. The number of hydrogen-bond acceptors (Lipinski definition) is 5. The van der Waals surface area contributed by atoms with Gasteiger partial charge in [-0.25, -0.2) is 0 Å². The Balaban J connectivity index is 1.83. The van der Waals surface area contributed by atoms with Crippen molar-refractivity contribution in [3.63, 3.8) is 0 Å². The summed E-state index contributed by atoms with van der Waals surface area (Å²) in [7, 11) is 0. The molecule has 0 unspecified atom stereocenters. The maximum absolute atomic E-state index is 12.3. The van der Waals surface area contributed by atoms with Gasteiger partial charge in [0.15, 0.2) is 0 Å². The number of rotatable bonds is 10. The summed E-state index contributed by atoms with van der Waals surface area (Å²) in [4.78, 5) is 25.8. The zero-order valence-corrected chi connectivity index (χ0v) is 17.4. The molecule has 2 rings (SSSR count). The van der Waals surface area contributed by atoms with Gasteiger partial charge >= 0.3 is 0 Å². The van der Waals surface area contributed by atoms with E-state index in [4.69, 9.17) is 0 Å². The molecule has 28 heavy (non-hydrogen) atoms. The van der Waals surface area contributed by atoms with Crippen molar-refractivity contribution in [3.05, 3.63) is 69.8 Å². The monoisotopic (exact) mass is 401 g/mol. The van der Waals surface area contributed by atoms with Crippen LogP contribution >= 0.6 is 11.8 Å². The number of benzene rings is 2. The van der Waals surface area contributed by atoms with Crippen LogP contribution in [0.4, 0.5) is 5.69 Å². The molecule has 0 bridgehead atoms. The van der Waals surface area contributed by atoms with Crippen LogP contribution < -0.4 is 5.32 Å². The molecular formula is C21H27N3O3S. The minimum atomic E-state index is -0.433. The van der Waals surface area contributed by atoms with Crippen molar-refractivity contribution in [2.24, 2.45) is 0 Å². The molecule has 7 heteroatoms. The third-order valence-corrected chi connectivity index (χ3v) is 5.63. The average molecular weight is 402 g/mol. The van der Waals surface area contributed by atoms with Crippen molar-refractivity contribution < 1.29 is 9.72 Å². The fourth-order valence-electron chi connectivity index (χ4n) is 2.70. The van der Waals surface area contributed by atoms with Gasteiger partial charge in [-0.1, -0.05) is 38.1 Å². The van der Waals surface area contributed by atoms with Gasteiger partial charge in [0.2, 0.25) is 5.91 Å². The first-order valence-corrected chi connectivity index (χ1v) is 10.3. The lowest BCUT2D eigenvalue weighted by Gasteiger charge is -2.18. The molecule has 0 radical (unpaired) electrons. The number of nitro groups is 1. The van der Waals surface area contributed by atoms with E-state index in [9.17, 15) is 14.9 Å². The fourth-order valence-corrected chi connectivity index (χ4v) is 3.60. The minimum Gasteiger partial charge on any atom is -0.351 e. The quantitative estimate of drug-likeness (QED) is 0.366. The van der Waals surface area contributed by atoms with Crippen LogP contribution in [0.5, 0.6) is 0 Å². The zero-order chi connectivity index (χ0) is 20.5. The van der Waals surface area contributed by atoms with Crippen LogP contribution in [0.3, 0.4) is 0 Å². The van der Waals surface area contributed by atoms with Crippen LogP contribution in [0, 0.1) is 10.1 Å². The molecule has 6 nitrogen and oxygen atoms in total. The minimum absolute atomic E-state index is 0.0471. The summed E-state index contributed by atoms with van der Waals surface area (Å²) in [6.07, 6.45) is 0. The molecule has 0 heterocycles. The highest BCUT2D eigenvalue weighted by atomic mass is 32.2. The Bertz CT molecular complexity index is 774. The maximum Gasteiger partial charge on any atom is 0.269 e. The Hall–Kier alpha value is -2.38. The number of carbonyl (C=O) groups excluding carboxylic acids is 1. The van der Waals surface area contributed by atoms with Gasteiger partial charge in [0.25, 0.3) is 5.69 Å². The normalized spacial score (nSPS) is 12.0. The highest BCUT2D eigenvalue weighted by Gasteiger charge is 2.15. The van der Waals surface area contributed by atoms with Crippen LogP contribution in [0.2, 0.25) is 0 Å². The van der Waals surface area contributed by atoms with Crippen molar-refractivity contribution in [2.45, 2.75) is 44.0 Å². The third-order valence-electron chi connectivity index (χ3n) is 4.52. The first kappa shape index (κ1) is 21.9. The number of nitro benzene ring substituents is 1. The van der Waals surface area contributed by atoms with Gasteiger partial charge in [-0.3, -0.25) is 19.8 Å². The van der Waals surface area contributed by atoms with Crippen LogP contribution in [-0.2, 0) is 17.9 Å². The summed E-state index contributed by atoms with van der Waals surface area (Å²) in [5.41, 5.74) is 2.37. The molecule has 0 aromatic heterocycles. The Kier molecular flexibility index (Phi) is 8.47. The molecule has 1 atom stereocenters. The van der Waals surface area contributed by atoms with E-state index in [-0.39, 0.29) is 16.8 Å². The van der Waals surface area contributed by atoms with Crippen molar-refractivity contribution in [3.8, 4) is 0 Å². The number of non-ortho nitro benzene ring substituents is 1. The molecule has 0 aliphatic heterocycles. The van der Waals surface area contributed by atoms with Crippen LogP contribution in [0.25, 0.3) is 0 Å². The fraction of sp³-hybridized carbons (Fsp3) is 0.381. The first-order chi connectivity index (χ1) is 13.4. The second kappa shape index (κ2) is 10.8. The lowest BCUT2D eigenvalue weighted by atomic mass is 10.1. The SMILES string of the molecule is CCN(CC)Cc1ccc(CNC(=O)[C@@H](C)Sc2ccc([N+](=O)[O-])cc2)cc1. The molecule has 0 aliphatic carbocycles. The van der Waals surface area contributed by atoms with Gasteiger partial charge in [-0.05, 0) is 43.3 Å². The van der Waals surface area contributed by atoms with E-state index in [0.717, 1.165) is 30.1 Å². The van der Waals surface area contributed by atoms with Crippen LogP contribution in [0.15, 0.2) is 53.4 Å². The molecule has 0 saturated heterocycles. The average Bonchev–Trinajstić information content (AvgIpc) is 2.71.